The van der Waals surface area contributed by atoms with E-state index in [1.54, 1.807) is 12.1 Å². The van der Waals surface area contributed by atoms with Gasteiger partial charge in [-0.2, -0.15) is 0 Å². The molecule has 0 aliphatic heterocycles. The maximum Gasteiger partial charge on any atom is 0.123 e. The molecule has 0 amide bonds. The molecule has 0 bridgehead atoms. The molecule has 1 saturated carbocycles. The molecule has 2 rings (SSSR count). The minimum Gasteiger partial charge on any atom is -0.326 e. The molecule has 1 fully saturated rings. The van der Waals surface area contributed by atoms with E-state index in [-0.39, 0.29) is 17.4 Å². The molecule has 1 aromatic carbocycles. The molecule has 2 N–H and O–H groups in total. The van der Waals surface area contributed by atoms with Crippen molar-refractivity contribution in [3.8, 4) is 0 Å². The highest BCUT2D eigenvalue weighted by atomic mass is 19.1. The second-order valence-corrected chi connectivity index (χ2v) is 5.92. The molecular weight excluding hydrogens is 251 g/mol. The summed E-state index contributed by atoms with van der Waals surface area (Å²) in [7, 11) is 0. The van der Waals surface area contributed by atoms with Crippen LogP contribution in [-0.2, 0) is 6.42 Å². The average molecular weight is 278 g/mol. The quantitative estimate of drug-likeness (QED) is 0.864. The second kappa shape index (κ2) is 6.68. The minimum absolute atomic E-state index is 0.0756. The van der Waals surface area contributed by atoms with Gasteiger partial charge in [-0.25, -0.2) is 4.39 Å². The Labute approximate surface area is 122 Å². The summed E-state index contributed by atoms with van der Waals surface area (Å²) in [5.74, 6) is -0.169. The van der Waals surface area contributed by atoms with Crippen molar-refractivity contribution in [1.82, 2.24) is 4.90 Å². The van der Waals surface area contributed by atoms with Crippen molar-refractivity contribution in [2.24, 2.45) is 5.73 Å². The molecule has 1 aliphatic rings. The van der Waals surface area contributed by atoms with Gasteiger partial charge in [0.1, 0.15) is 5.82 Å². The highest BCUT2D eigenvalue weighted by Crippen LogP contribution is 2.38. The maximum absolute atomic E-state index is 13.3. The predicted octanol–water partition coefficient (Wildman–Crippen LogP) is 3.35. The Morgan fingerprint density at radius 3 is 2.45 bits per heavy atom. The van der Waals surface area contributed by atoms with Crippen LogP contribution in [0.3, 0.4) is 0 Å². The van der Waals surface area contributed by atoms with Crippen molar-refractivity contribution in [1.29, 1.82) is 0 Å². The standard InChI is InChI=1S/C17H27FN2/c1-3-20(4-2)17(10-5-6-11-17)16(19)13-14-8-7-9-15(18)12-14/h7-9,12,16H,3-6,10-11,13,19H2,1-2H3. The summed E-state index contributed by atoms with van der Waals surface area (Å²) >= 11 is 0. The number of nitrogens with zero attached hydrogens (tertiary/aromatic N) is 1. The Morgan fingerprint density at radius 2 is 1.90 bits per heavy atom. The fourth-order valence-electron chi connectivity index (χ4n) is 3.87. The van der Waals surface area contributed by atoms with Crippen LogP contribution in [0.5, 0.6) is 0 Å². The van der Waals surface area contributed by atoms with E-state index in [1.165, 1.54) is 31.7 Å². The van der Waals surface area contributed by atoms with Crippen molar-refractivity contribution < 1.29 is 4.39 Å². The van der Waals surface area contributed by atoms with E-state index in [2.05, 4.69) is 18.7 Å². The van der Waals surface area contributed by atoms with E-state index in [0.717, 1.165) is 25.1 Å². The first-order valence-electron chi connectivity index (χ1n) is 7.87. The van der Waals surface area contributed by atoms with Crippen molar-refractivity contribution in [3.05, 3.63) is 35.6 Å². The molecular formula is C17H27FN2. The number of hydrogen-bond acceptors (Lipinski definition) is 2. The fraction of sp³-hybridized carbons (Fsp3) is 0.647. The van der Waals surface area contributed by atoms with Gasteiger partial charge in [0.2, 0.25) is 0 Å². The van der Waals surface area contributed by atoms with Gasteiger partial charge in [0.25, 0.3) is 0 Å². The monoisotopic (exact) mass is 278 g/mol. The number of halogens is 1. The van der Waals surface area contributed by atoms with Gasteiger partial charge in [0, 0.05) is 11.6 Å². The van der Waals surface area contributed by atoms with Gasteiger partial charge in [-0.15, -0.1) is 0 Å². The molecule has 1 atom stereocenters. The third kappa shape index (κ3) is 3.04. The predicted molar refractivity (Wildman–Crippen MR) is 82.2 cm³/mol. The van der Waals surface area contributed by atoms with Crippen molar-refractivity contribution in [2.45, 2.75) is 57.5 Å². The summed E-state index contributed by atoms with van der Waals surface area (Å²) in [6.45, 7) is 6.48. The Balaban J connectivity index is 2.17. The molecule has 20 heavy (non-hydrogen) atoms. The molecule has 0 aromatic heterocycles. The third-order valence-corrected chi connectivity index (χ3v) is 4.90. The van der Waals surface area contributed by atoms with E-state index in [0.29, 0.717) is 0 Å². The van der Waals surface area contributed by atoms with Gasteiger partial charge >= 0.3 is 0 Å². The fourth-order valence-corrected chi connectivity index (χ4v) is 3.87. The van der Waals surface area contributed by atoms with E-state index < -0.39 is 0 Å². The molecule has 0 heterocycles. The summed E-state index contributed by atoms with van der Waals surface area (Å²) in [6.07, 6.45) is 5.62. The molecule has 1 aromatic rings. The van der Waals surface area contributed by atoms with Gasteiger partial charge in [0.15, 0.2) is 0 Å². The normalized spacial score (nSPS) is 19.4. The van der Waals surface area contributed by atoms with Crippen molar-refractivity contribution in [3.63, 3.8) is 0 Å². The summed E-state index contributed by atoms with van der Waals surface area (Å²) < 4.78 is 13.3. The molecule has 2 nitrogen and oxygen atoms in total. The van der Waals surface area contributed by atoms with Crippen LogP contribution in [0.1, 0.15) is 45.1 Å². The number of likely N-dealkylation sites (N-methyl/N-ethyl adjacent to an activating group) is 1. The van der Waals surface area contributed by atoms with Crippen LogP contribution in [0.2, 0.25) is 0 Å². The summed E-state index contributed by atoms with van der Waals surface area (Å²) in [5, 5.41) is 0. The number of rotatable bonds is 6. The van der Waals surface area contributed by atoms with E-state index in [4.69, 9.17) is 5.73 Å². The highest BCUT2D eigenvalue weighted by molar-refractivity contribution is 5.19. The van der Waals surface area contributed by atoms with Crippen LogP contribution < -0.4 is 5.73 Å². The summed E-state index contributed by atoms with van der Waals surface area (Å²) in [4.78, 5) is 2.52. The van der Waals surface area contributed by atoms with Crippen molar-refractivity contribution >= 4 is 0 Å². The number of nitrogens with two attached hydrogens (primary N) is 1. The molecule has 112 valence electrons. The summed E-state index contributed by atoms with van der Waals surface area (Å²) in [5.41, 5.74) is 7.70. The van der Waals surface area contributed by atoms with E-state index in [9.17, 15) is 4.39 Å². The Bertz CT molecular complexity index is 423. The van der Waals surface area contributed by atoms with Crippen molar-refractivity contribution in [2.75, 3.05) is 13.1 Å². The van der Waals surface area contributed by atoms with Gasteiger partial charge in [-0.1, -0.05) is 38.8 Å². The maximum atomic E-state index is 13.3. The van der Waals surface area contributed by atoms with E-state index in [1.807, 2.05) is 6.07 Å². The third-order valence-electron chi connectivity index (χ3n) is 4.90. The zero-order chi connectivity index (χ0) is 14.6. The summed E-state index contributed by atoms with van der Waals surface area (Å²) in [6, 6.07) is 6.94. The highest BCUT2D eigenvalue weighted by Gasteiger charge is 2.43. The van der Waals surface area contributed by atoms with Gasteiger partial charge in [-0.3, -0.25) is 4.90 Å². The molecule has 0 radical (unpaired) electrons. The van der Waals surface area contributed by atoms with Crippen LogP contribution in [0, 0.1) is 5.82 Å². The second-order valence-electron chi connectivity index (χ2n) is 5.92. The lowest BCUT2D eigenvalue weighted by molar-refractivity contribution is 0.0771. The Hall–Kier alpha value is -0.930. The first-order chi connectivity index (χ1) is 9.62. The lowest BCUT2D eigenvalue weighted by Crippen LogP contribution is -2.59. The van der Waals surface area contributed by atoms with Crippen LogP contribution in [0.4, 0.5) is 4.39 Å². The Morgan fingerprint density at radius 1 is 1.25 bits per heavy atom. The number of benzene rings is 1. The van der Waals surface area contributed by atoms with E-state index >= 15 is 0 Å². The largest absolute Gasteiger partial charge is 0.326 e. The van der Waals surface area contributed by atoms with Gasteiger partial charge < -0.3 is 5.73 Å². The Kier molecular flexibility index (Phi) is 5.17. The molecule has 0 spiro atoms. The van der Waals surface area contributed by atoms with Gasteiger partial charge in [0.05, 0.1) is 0 Å². The van der Waals surface area contributed by atoms with Gasteiger partial charge in [-0.05, 0) is 50.0 Å². The SMILES string of the molecule is CCN(CC)C1(C(N)Cc2cccc(F)c2)CCCC1. The lowest BCUT2D eigenvalue weighted by Gasteiger charge is -2.45. The molecule has 1 aliphatic carbocycles. The topological polar surface area (TPSA) is 29.3 Å². The van der Waals surface area contributed by atoms with Crippen LogP contribution in [-0.4, -0.2) is 29.6 Å². The zero-order valence-corrected chi connectivity index (χ0v) is 12.7. The lowest BCUT2D eigenvalue weighted by atomic mass is 9.83. The number of hydrogen-bond donors (Lipinski definition) is 1. The first-order valence-corrected chi connectivity index (χ1v) is 7.87. The minimum atomic E-state index is -0.169. The first kappa shape index (κ1) is 15.5. The molecule has 1 unspecified atom stereocenters. The smallest absolute Gasteiger partial charge is 0.123 e. The van der Waals surface area contributed by atoms with Crippen LogP contribution in [0.15, 0.2) is 24.3 Å². The molecule has 3 heteroatoms. The zero-order valence-electron chi connectivity index (χ0n) is 12.7. The average Bonchev–Trinajstić information content (AvgIpc) is 2.91. The van der Waals surface area contributed by atoms with Crippen LogP contribution >= 0.6 is 0 Å². The molecule has 0 saturated heterocycles. The van der Waals surface area contributed by atoms with Crippen LogP contribution in [0.25, 0.3) is 0 Å².